The Kier molecular flexibility index (Phi) is 8.36. The summed E-state index contributed by atoms with van der Waals surface area (Å²) in [6.45, 7) is 6.20. The van der Waals surface area contributed by atoms with Gasteiger partial charge in [-0.2, -0.15) is 13.2 Å². The van der Waals surface area contributed by atoms with Crippen LogP contribution in [0.4, 0.5) is 19.0 Å². The number of furan rings is 1. The Hall–Kier alpha value is -3.86. The summed E-state index contributed by atoms with van der Waals surface area (Å²) in [5, 5.41) is 15.0. The lowest BCUT2D eigenvalue weighted by Gasteiger charge is -2.14. The molecular formula is C25H27F3N4O4. The number of alkyl halides is 3. The van der Waals surface area contributed by atoms with Gasteiger partial charge >= 0.3 is 12.1 Å². The molecule has 3 N–H and O–H groups in total. The largest absolute Gasteiger partial charge is 0.490 e. The minimum absolute atomic E-state index is 0.0790. The van der Waals surface area contributed by atoms with Gasteiger partial charge in [0.2, 0.25) is 5.91 Å². The van der Waals surface area contributed by atoms with Crippen molar-refractivity contribution in [1.82, 2.24) is 15.2 Å². The molecule has 11 heteroatoms. The van der Waals surface area contributed by atoms with Crippen LogP contribution >= 0.6 is 0 Å². The molecule has 0 saturated carbocycles. The predicted octanol–water partition coefficient (Wildman–Crippen LogP) is 4.34. The van der Waals surface area contributed by atoms with E-state index in [4.69, 9.17) is 14.3 Å². The molecule has 3 aromatic rings. The van der Waals surface area contributed by atoms with E-state index in [1.165, 1.54) is 0 Å². The van der Waals surface area contributed by atoms with Gasteiger partial charge in [-0.05, 0) is 37.6 Å². The van der Waals surface area contributed by atoms with Crippen molar-refractivity contribution in [2.45, 2.75) is 39.2 Å². The number of rotatable bonds is 4. The van der Waals surface area contributed by atoms with Gasteiger partial charge in [0.05, 0.1) is 6.54 Å². The highest BCUT2D eigenvalue weighted by molar-refractivity contribution is 5.91. The van der Waals surface area contributed by atoms with Crippen LogP contribution in [-0.2, 0) is 22.7 Å². The summed E-state index contributed by atoms with van der Waals surface area (Å²) in [6.07, 6.45) is 0.0997. The molecule has 1 aromatic carbocycles. The van der Waals surface area contributed by atoms with Gasteiger partial charge in [0.25, 0.3) is 0 Å². The molecule has 0 saturated heterocycles. The van der Waals surface area contributed by atoms with E-state index < -0.39 is 12.1 Å². The summed E-state index contributed by atoms with van der Waals surface area (Å²) in [7, 11) is 1.78. The van der Waals surface area contributed by atoms with Gasteiger partial charge in [-0.3, -0.25) is 4.79 Å². The Morgan fingerprint density at radius 1 is 1.31 bits per heavy atom. The summed E-state index contributed by atoms with van der Waals surface area (Å²) in [6, 6.07) is 10.4. The molecule has 1 atom stereocenters. The van der Waals surface area contributed by atoms with Gasteiger partial charge in [-0.15, -0.1) is 0 Å². The van der Waals surface area contributed by atoms with E-state index in [-0.39, 0.29) is 5.91 Å². The third kappa shape index (κ3) is 6.85. The van der Waals surface area contributed by atoms with Crippen LogP contribution in [0.2, 0.25) is 0 Å². The fraction of sp³-hybridized carbons (Fsp3) is 0.320. The third-order valence-corrected chi connectivity index (χ3v) is 5.56. The molecule has 1 amide bonds. The van der Waals surface area contributed by atoms with Crippen molar-refractivity contribution in [3.8, 4) is 0 Å². The Morgan fingerprint density at radius 3 is 2.67 bits per heavy atom. The van der Waals surface area contributed by atoms with Crippen LogP contribution in [-0.4, -0.2) is 52.7 Å². The summed E-state index contributed by atoms with van der Waals surface area (Å²) >= 11 is 0. The number of hydrogen-bond acceptors (Lipinski definition) is 6. The minimum atomic E-state index is -5.08. The number of pyridine rings is 1. The zero-order chi connectivity index (χ0) is 26.5. The molecule has 0 fully saturated rings. The standard InChI is InChI=1S/C23H26N4O2.C2HF3O2/c1-15-11-25-23-18(13-24-15)10-17(12-26-23)8-9-22(28)27(3)14-21-16(2)19-6-4-5-7-20(19)29-21;3-2(4,5)1(6)7/h4-10,12,15,24H,11,13-14H2,1-3H3,(H,25,26);(H,6,7)/t15-;/m1./s1. The van der Waals surface area contributed by atoms with Gasteiger partial charge < -0.3 is 25.1 Å². The topological polar surface area (TPSA) is 108 Å². The second-order valence-electron chi connectivity index (χ2n) is 8.42. The third-order valence-electron chi connectivity index (χ3n) is 5.56. The van der Waals surface area contributed by atoms with Gasteiger partial charge in [-0.1, -0.05) is 18.2 Å². The van der Waals surface area contributed by atoms with E-state index in [1.807, 2.05) is 37.3 Å². The molecule has 0 spiro atoms. The molecule has 8 nitrogen and oxygen atoms in total. The van der Waals surface area contributed by atoms with E-state index in [2.05, 4.69) is 28.6 Å². The number of aliphatic carboxylic acids is 1. The number of carbonyl (C=O) groups excluding carboxylic acids is 1. The first-order valence-corrected chi connectivity index (χ1v) is 11.1. The predicted molar refractivity (Wildman–Crippen MR) is 129 cm³/mol. The Labute approximate surface area is 205 Å². The lowest BCUT2D eigenvalue weighted by Crippen LogP contribution is -2.29. The number of nitrogens with zero attached hydrogens (tertiary/aromatic N) is 2. The molecule has 4 rings (SSSR count). The van der Waals surface area contributed by atoms with Crippen LogP contribution < -0.4 is 10.6 Å². The number of halogens is 3. The van der Waals surface area contributed by atoms with E-state index in [0.29, 0.717) is 12.6 Å². The van der Waals surface area contributed by atoms with Crippen molar-refractivity contribution >= 4 is 34.7 Å². The van der Waals surface area contributed by atoms with Crippen molar-refractivity contribution in [2.24, 2.45) is 0 Å². The average Bonchev–Trinajstić information content (AvgIpc) is 3.02. The first-order chi connectivity index (χ1) is 17.0. The maximum absolute atomic E-state index is 12.6. The summed E-state index contributed by atoms with van der Waals surface area (Å²) in [5.41, 5.74) is 3.94. The number of aromatic nitrogens is 1. The number of benzene rings is 1. The highest BCUT2D eigenvalue weighted by Crippen LogP contribution is 2.26. The SMILES string of the molecule is Cc1c(CN(C)C(=O)C=Cc2cnc3c(c2)CN[C@H](C)CN3)oc2ccccc12.O=C(O)C(F)(F)F. The van der Waals surface area contributed by atoms with Crippen molar-refractivity contribution in [1.29, 1.82) is 0 Å². The molecular weight excluding hydrogens is 477 g/mol. The first-order valence-electron chi connectivity index (χ1n) is 11.1. The molecule has 3 heterocycles. The van der Waals surface area contributed by atoms with E-state index in [9.17, 15) is 18.0 Å². The molecule has 2 aromatic heterocycles. The second-order valence-corrected chi connectivity index (χ2v) is 8.42. The number of carboxylic acids is 1. The highest BCUT2D eigenvalue weighted by Gasteiger charge is 2.38. The Morgan fingerprint density at radius 2 is 2.00 bits per heavy atom. The number of hydrogen-bond donors (Lipinski definition) is 3. The molecule has 1 aliphatic heterocycles. The average molecular weight is 505 g/mol. The lowest BCUT2D eigenvalue weighted by molar-refractivity contribution is -0.192. The molecule has 36 heavy (non-hydrogen) atoms. The van der Waals surface area contributed by atoms with Crippen molar-refractivity contribution in [2.75, 3.05) is 18.9 Å². The van der Waals surface area contributed by atoms with Crippen molar-refractivity contribution in [3.05, 3.63) is 65.1 Å². The number of nitrogens with one attached hydrogen (secondary N) is 2. The Bertz CT molecular complexity index is 1270. The molecule has 0 aliphatic carbocycles. The van der Waals surface area contributed by atoms with Crippen LogP contribution in [0, 0.1) is 6.92 Å². The maximum atomic E-state index is 12.6. The number of likely N-dealkylation sites (N-methyl/N-ethyl adjacent to an activating group) is 1. The zero-order valence-corrected chi connectivity index (χ0v) is 20.0. The van der Waals surface area contributed by atoms with Crippen LogP contribution in [0.1, 0.15) is 29.4 Å². The van der Waals surface area contributed by atoms with Crippen molar-refractivity contribution < 1.29 is 32.3 Å². The molecule has 192 valence electrons. The molecule has 1 aliphatic rings. The van der Waals surface area contributed by atoms with E-state index >= 15 is 0 Å². The van der Waals surface area contributed by atoms with E-state index in [0.717, 1.165) is 52.3 Å². The fourth-order valence-corrected chi connectivity index (χ4v) is 3.48. The number of carboxylic acid groups (broad SMARTS) is 1. The molecule has 0 unspecified atom stereocenters. The normalized spacial score (nSPS) is 15.4. The molecule has 0 bridgehead atoms. The monoisotopic (exact) mass is 504 g/mol. The minimum Gasteiger partial charge on any atom is -0.475 e. The van der Waals surface area contributed by atoms with Crippen LogP contribution in [0.3, 0.4) is 0 Å². The second kappa shape index (κ2) is 11.3. The first kappa shape index (κ1) is 26.7. The smallest absolute Gasteiger partial charge is 0.475 e. The van der Waals surface area contributed by atoms with Gasteiger partial charge in [0.1, 0.15) is 17.2 Å². The maximum Gasteiger partial charge on any atom is 0.490 e. The number of aryl methyl sites for hydroxylation is 1. The summed E-state index contributed by atoms with van der Waals surface area (Å²) in [4.78, 5) is 27.6. The number of amides is 1. The van der Waals surface area contributed by atoms with Crippen LogP contribution in [0.25, 0.3) is 17.0 Å². The van der Waals surface area contributed by atoms with Crippen LogP contribution in [0.15, 0.2) is 47.0 Å². The number of fused-ring (bicyclic) bond motifs is 2. The summed E-state index contributed by atoms with van der Waals surface area (Å²) < 4.78 is 37.7. The van der Waals surface area contributed by atoms with Gasteiger partial charge in [-0.25, -0.2) is 9.78 Å². The van der Waals surface area contributed by atoms with Gasteiger partial charge in [0.15, 0.2) is 0 Å². The van der Waals surface area contributed by atoms with Crippen molar-refractivity contribution in [3.63, 3.8) is 0 Å². The summed E-state index contributed by atoms with van der Waals surface area (Å²) in [5.74, 6) is -1.12. The zero-order valence-electron chi connectivity index (χ0n) is 20.0. The highest BCUT2D eigenvalue weighted by atomic mass is 19.4. The van der Waals surface area contributed by atoms with Gasteiger partial charge in [0, 0.05) is 55.0 Å². The van der Waals surface area contributed by atoms with E-state index in [1.54, 1.807) is 24.2 Å². The quantitative estimate of drug-likeness (QED) is 0.454. The number of para-hydroxylation sites is 1. The van der Waals surface area contributed by atoms with Crippen LogP contribution in [0.5, 0.6) is 0 Å². The Balaban J connectivity index is 0.000000454. The lowest BCUT2D eigenvalue weighted by atomic mass is 10.1. The number of anilines is 1. The number of carbonyl (C=O) groups is 2. The fourth-order valence-electron chi connectivity index (χ4n) is 3.48. The molecule has 0 radical (unpaired) electrons.